The van der Waals surface area contributed by atoms with E-state index in [4.69, 9.17) is 11.6 Å². The summed E-state index contributed by atoms with van der Waals surface area (Å²) in [6, 6.07) is 4.01. The molecule has 0 spiro atoms. The SMILES string of the molecule is CC(NC(=O)c1cc(-c2cn[nH]c2)ncn1)c1ncc(C(=O)Nc2ccc(Cl)c(C(F)(F)F)c2)s1. The molecule has 0 radical (unpaired) electrons. The summed E-state index contributed by atoms with van der Waals surface area (Å²) in [5.41, 5.74) is 0.198. The lowest BCUT2D eigenvalue weighted by atomic mass is 10.2. The Morgan fingerprint density at radius 3 is 2.63 bits per heavy atom. The molecule has 0 aliphatic carbocycles. The second kappa shape index (κ2) is 9.80. The maximum Gasteiger partial charge on any atom is 0.417 e. The van der Waals surface area contributed by atoms with Crippen LogP contribution in [0, 0.1) is 0 Å². The minimum Gasteiger partial charge on any atom is -0.342 e. The van der Waals surface area contributed by atoms with Crippen molar-refractivity contribution in [2.45, 2.75) is 19.1 Å². The first-order chi connectivity index (χ1) is 16.6. The predicted octanol–water partition coefficient (Wildman–Crippen LogP) is 4.74. The highest BCUT2D eigenvalue weighted by atomic mass is 35.5. The molecule has 14 heteroatoms. The number of nitrogens with one attached hydrogen (secondary N) is 3. The highest BCUT2D eigenvalue weighted by Gasteiger charge is 2.33. The monoisotopic (exact) mass is 521 g/mol. The first kappa shape index (κ1) is 24.3. The number of anilines is 1. The summed E-state index contributed by atoms with van der Waals surface area (Å²) >= 11 is 6.59. The molecule has 9 nitrogen and oxygen atoms in total. The van der Waals surface area contributed by atoms with Crippen LogP contribution in [0.1, 0.15) is 43.7 Å². The van der Waals surface area contributed by atoms with Gasteiger partial charge in [0.05, 0.1) is 34.7 Å². The minimum atomic E-state index is -4.66. The van der Waals surface area contributed by atoms with E-state index in [-0.39, 0.29) is 16.3 Å². The maximum absolute atomic E-state index is 13.0. The molecule has 4 rings (SSSR count). The second-order valence-corrected chi connectivity index (χ2v) is 8.65. The first-order valence-electron chi connectivity index (χ1n) is 9.87. The summed E-state index contributed by atoms with van der Waals surface area (Å²) in [5.74, 6) is -1.13. The Balaban J connectivity index is 1.42. The van der Waals surface area contributed by atoms with Crippen molar-refractivity contribution in [3.05, 3.63) is 75.3 Å². The summed E-state index contributed by atoms with van der Waals surface area (Å²) in [7, 11) is 0. The van der Waals surface area contributed by atoms with Crippen molar-refractivity contribution in [3.8, 4) is 11.3 Å². The number of benzene rings is 1. The van der Waals surface area contributed by atoms with Crippen molar-refractivity contribution in [2.75, 3.05) is 5.32 Å². The molecule has 0 aliphatic heterocycles. The molecule has 0 aliphatic rings. The number of carbonyl (C=O) groups excluding carboxylic acids is 2. The van der Waals surface area contributed by atoms with Gasteiger partial charge in [-0.2, -0.15) is 18.3 Å². The fourth-order valence-corrected chi connectivity index (χ4v) is 4.01. The number of amides is 2. The third-order valence-corrected chi connectivity index (χ3v) is 6.20. The van der Waals surface area contributed by atoms with Crippen LogP contribution < -0.4 is 10.6 Å². The van der Waals surface area contributed by atoms with Crippen molar-refractivity contribution in [1.82, 2.24) is 30.5 Å². The number of aromatic nitrogens is 5. The van der Waals surface area contributed by atoms with Gasteiger partial charge in [0.1, 0.15) is 21.9 Å². The lowest BCUT2D eigenvalue weighted by Gasteiger charge is -2.11. The van der Waals surface area contributed by atoms with E-state index in [1.54, 1.807) is 19.3 Å². The number of aromatic amines is 1. The molecule has 0 bridgehead atoms. The quantitative estimate of drug-likeness (QED) is 0.336. The number of rotatable bonds is 6. The third kappa shape index (κ3) is 5.63. The summed E-state index contributed by atoms with van der Waals surface area (Å²) < 4.78 is 39.1. The summed E-state index contributed by atoms with van der Waals surface area (Å²) in [6.07, 6.45) is 1.06. The van der Waals surface area contributed by atoms with Crippen molar-refractivity contribution in [3.63, 3.8) is 0 Å². The third-order valence-electron chi connectivity index (χ3n) is 4.69. The van der Waals surface area contributed by atoms with Gasteiger partial charge in [-0.05, 0) is 31.2 Å². The van der Waals surface area contributed by atoms with Gasteiger partial charge >= 0.3 is 6.18 Å². The number of thiazole rings is 1. The van der Waals surface area contributed by atoms with Gasteiger partial charge in [-0.3, -0.25) is 14.7 Å². The summed E-state index contributed by atoms with van der Waals surface area (Å²) in [4.78, 5) is 37.6. The number of carbonyl (C=O) groups is 2. The minimum absolute atomic E-state index is 0.0692. The Morgan fingerprint density at radius 2 is 1.91 bits per heavy atom. The van der Waals surface area contributed by atoms with Crippen LogP contribution in [0.3, 0.4) is 0 Å². The van der Waals surface area contributed by atoms with Gasteiger partial charge in [0.2, 0.25) is 0 Å². The average molecular weight is 522 g/mol. The number of nitrogens with zero attached hydrogens (tertiary/aromatic N) is 4. The molecule has 180 valence electrons. The highest BCUT2D eigenvalue weighted by molar-refractivity contribution is 7.13. The van der Waals surface area contributed by atoms with Crippen LogP contribution in [-0.2, 0) is 6.18 Å². The molecule has 3 aromatic heterocycles. The van der Waals surface area contributed by atoms with E-state index in [1.807, 2.05) is 0 Å². The van der Waals surface area contributed by atoms with E-state index in [0.29, 0.717) is 16.3 Å². The van der Waals surface area contributed by atoms with Crippen molar-refractivity contribution >= 4 is 40.4 Å². The molecule has 3 N–H and O–H groups in total. The summed E-state index contributed by atoms with van der Waals surface area (Å²) in [5, 5.41) is 11.6. The van der Waals surface area contributed by atoms with Gasteiger partial charge in [0.15, 0.2) is 0 Å². The van der Waals surface area contributed by atoms with Crippen molar-refractivity contribution in [2.24, 2.45) is 0 Å². The Bertz CT molecular complexity index is 1380. The zero-order valence-corrected chi connectivity index (χ0v) is 19.3. The normalized spacial score (nSPS) is 12.3. The molecule has 0 fully saturated rings. The van der Waals surface area contributed by atoms with Crippen LogP contribution in [0.25, 0.3) is 11.3 Å². The largest absolute Gasteiger partial charge is 0.417 e. The van der Waals surface area contributed by atoms with E-state index in [9.17, 15) is 22.8 Å². The number of hydrogen-bond donors (Lipinski definition) is 3. The first-order valence-corrected chi connectivity index (χ1v) is 11.1. The summed E-state index contributed by atoms with van der Waals surface area (Å²) in [6.45, 7) is 1.67. The number of hydrogen-bond acceptors (Lipinski definition) is 7. The number of H-pyrrole nitrogens is 1. The zero-order chi connectivity index (χ0) is 25.2. The molecule has 35 heavy (non-hydrogen) atoms. The maximum atomic E-state index is 13.0. The number of alkyl halides is 3. The fraction of sp³-hybridized carbons (Fsp3) is 0.143. The van der Waals surface area contributed by atoms with Gasteiger partial charge in [0.25, 0.3) is 11.8 Å². The molecule has 4 aromatic rings. The standard InChI is InChI=1S/C21H15ClF3N7O2S/c1-10(31-18(33)16-5-15(27-9-28-16)11-6-29-30-7-11)20-26-8-17(35-20)19(34)32-12-2-3-14(22)13(4-12)21(23,24)25/h2-10H,1H3,(H,29,30)(H,31,33)(H,32,34). The van der Waals surface area contributed by atoms with E-state index in [2.05, 4.69) is 35.8 Å². The van der Waals surface area contributed by atoms with Crippen LogP contribution in [0.5, 0.6) is 0 Å². The molecule has 3 heterocycles. The van der Waals surface area contributed by atoms with Gasteiger partial charge in [0, 0.05) is 17.4 Å². The topological polar surface area (TPSA) is 126 Å². The van der Waals surface area contributed by atoms with E-state index >= 15 is 0 Å². The average Bonchev–Trinajstić information content (AvgIpc) is 3.52. The van der Waals surface area contributed by atoms with Crippen molar-refractivity contribution < 1.29 is 22.8 Å². The Labute approximate surface area is 204 Å². The predicted molar refractivity (Wildman–Crippen MR) is 122 cm³/mol. The van der Waals surface area contributed by atoms with E-state index in [0.717, 1.165) is 23.5 Å². The molecule has 1 unspecified atom stereocenters. The Morgan fingerprint density at radius 1 is 1.11 bits per heavy atom. The highest BCUT2D eigenvalue weighted by Crippen LogP contribution is 2.36. The van der Waals surface area contributed by atoms with Crippen molar-refractivity contribution in [1.29, 1.82) is 0 Å². The van der Waals surface area contributed by atoms with Crippen LogP contribution in [0.4, 0.5) is 18.9 Å². The van der Waals surface area contributed by atoms with Crippen LogP contribution >= 0.6 is 22.9 Å². The molecule has 1 aromatic carbocycles. The lowest BCUT2D eigenvalue weighted by Crippen LogP contribution is -2.27. The van der Waals surface area contributed by atoms with E-state index in [1.165, 1.54) is 24.7 Å². The second-order valence-electron chi connectivity index (χ2n) is 7.18. The van der Waals surface area contributed by atoms with Crippen LogP contribution in [0.15, 0.2) is 49.2 Å². The molecule has 0 saturated heterocycles. The molecule has 2 amide bonds. The zero-order valence-electron chi connectivity index (χ0n) is 17.7. The van der Waals surface area contributed by atoms with Gasteiger partial charge in [-0.15, -0.1) is 11.3 Å². The van der Waals surface area contributed by atoms with Gasteiger partial charge in [-0.25, -0.2) is 15.0 Å². The smallest absolute Gasteiger partial charge is 0.342 e. The molecule has 1 atom stereocenters. The van der Waals surface area contributed by atoms with Crippen LogP contribution in [0.2, 0.25) is 5.02 Å². The Kier molecular flexibility index (Phi) is 6.80. The Hall–Kier alpha value is -3.84. The number of halogens is 4. The fourth-order valence-electron chi connectivity index (χ4n) is 2.97. The van der Waals surface area contributed by atoms with E-state index < -0.39 is 34.6 Å². The van der Waals surface area contributed by atoms with Gasteiger partial charge in [-0.1, -0.05) is 11.6 Å². The lowest BCUT2D eigenvalue weighted by molar-refractivity contribution is -0.137. The molecular weight excluding hydrogens is 507 g/mol. The molecular formula is C21H15ClF3N7O2S. The van der Waals surface area contributed by atoms with Crippen LogP contribution in [-0.4, -0.2) is 37.0 Å². The molecule has 0 saturated carbocycles. The van der Waals surface area contributed by atoms with Gasteiger partial charge < -0.3 is 10.6 Å².